The number of nitrogens with zero attached hydrogens (tertiary/aromatic N) is 2. The largest absolute Gasteiger partial charge is 0.299 e. The summed E-state index contributed by atoms with van der Waals surface area (Å²) in [7, 11) is 0. The van der Waals surface area contributed by atoms with E-state index in [9.17, 15) is 4.79 Å². The first kappa shape index (κ1) is 16.2. The van der Waals surface area contributed by atoms with Crippen LogP contribution in [0.5, 0.6) is 0 Å². The van der Waals surface area contributed by atoms with Crippen molar-refractivity contribution in [2.45, 2.75) is 38.0 Å². The van der Waals surface area contributed by atoms with Gasteiger partial charge in [-0.2, -0.15) is 0 Å². The lowest BCUT2D eigenvalue weighted by Crippen LogP contribution is -2.51. The third kappa shape index (κ3) is 2.08. The van der Waals surface area contributed by atoms with Gasteiger partial charge in [-0.05, 0) is 42.5 Å². The highest BCUT2D eigenvalue weighted by Crippen LogP contribution is 2.67. The van der Waals surface area contributed by atoms with Crippen LogP contribution in [0.3, 0.4) is 0 Å². The molecule has 1 saturated carbocycles. The Hall–Kier alpha value is -2.95. The number of carbonyl (C=O) groups is 1. The summed E-state index contributed by atoms with van der Waals surface area (Å²) in [4.78, 5) is 23.3. The van der Waals surface area contributed by atoms with E-state index in [4.69, 9.17) is 9.97 Å². The minimum Gasteiger partial charge on any atom is -0.299 e. The van der Waals surface area contributed by atoms with Gasteiger partial charge in [0.15, 0.2) is 0 Å². The molecule has 2 atom stereocenters. The highest BCUT2D eigenvalue weighted by atomic mass is 16.2. The quantitative estimate of drug-likeness (QED) is 0.696. The Morgan fingerprint density at radius 3 is 2.41 bits per heavy atom. The van der Waals surface area contributed by atoms with Gasteiger partial charge < -0.3 is 0 Å². The van der Waals surface area contributed by atoms with E-state index in [0.29, 0.717) is 0 Å². The fourth-order valence-corrected chi connectivity index (χ4v) is 5.08. The van der Waals surface area contributed by atoms with Crippen LogP contribution >= 0.6 is 0 Å². The lowest BCUT2D eigenvalue weighted by atomic mass is 9.68. The molecule has 27 heavy (non-hydrogen) atoms. The zero-order valence-electron chi connectivity index (χ0n) is 15.5. The number of anilines is 1. The smallest absolute Gasteiger partial charge is 0.251 e. The van der Waals surface area contributed by atoms with Gasteiger partial charge in [0.2, 0.25) is 0 Å². The summed E-state index contributed by atoms with van der Waals surface area (Å²) in [6.07, 6.45) is 1.76. The summed E-state index contributed by atoms with van der Waals surface area (Å²) in [5, 5.41) is 0. The summed E-state index contributed by atoms with van der Waals surface area (Å²) in [5.41, 5.74) is 9.58. The van der Waals surface area contributed by atoms with Crippen LogP contribution in [-0.2, 0) is 10.2 Å². The predicted octanol–water partition coefficient (Wildman–Crippen LogP) is 3.93. The van der Waals surface area contributed by atoms with Gasteiger partial charge in [-0.3, -0.25) is 15.6 Å². The minimum atomic E-state index is -0.661. The topological polar surface area (TPSA) is 66.9 Å². The summed E-state index contributed by atoms with van der Waals surface area (Å²) in [6, 6.07) is 17.6. The molecule has 0 radical (unpaired) electrons. The number of hydrazine groups is 1. The van der Waals surface area contributed by atoms with Crippen molar-refractivity contribution in [3.63, 3.8) is 0 Å². The van der Waals surface area contributed by atoms with Crippen molar-refractivity contribution < 1.29 is 4.79 Å². The maximum Gasteiger partial charge on any atom is 0.251 e. The summed E-state index contributed by atoms with van der Waals surface area (Å²) >= 11 is 0. The van der Waals surface area contributed by atoms with Gasteiger partial charge in [0.25, 0.3) is 5.91 Å². The third-order valence-electron chi connectivity index (χ3n) is 6.59. The molecule has 3 aromatic rings. The Bertz CT molecular complexity index is 1050. The van der Waals surface area contributed by atoms with E-state index in [1.165, 1.54) is 0 Å². The number of aromatic nitrogens is 2. The normalized spacial score (nSPS) is 24.6. The van der Waals surface area contributed by atoms with Crippen LogP contribution in [0.15, 0.2) is 54.6 Å². The molecule has 2 aromatic carbocycles. The zero-order valence-corrected chi connectivity index (χ0v) is 15.5. The number of para-hydroxylation sites is 3. The van der Waals surface area contributed by atoms with E-state index in [2.05, 4.69) is 24.7 Å². The van der Waals surface area contributed by atoms with E-state index >= 15 is 0 Å². The van der Waals surface area contributed by atoms with Crippen molar-refractivity contribution in [3.05, 3.63) is 66.0 Å². The molecule has 1 fully saturated rings. The standard InChI is InChI=1S/C22H22N4O/c1-21(2)15-12-13-22(21,20(27)26-25-14-8-4-3-5-9-14)19-18(15)23-16-10-6-7-11-17(16)24-19/h3-11,15,25H,12-13H2,1-2H3,(H,26,27). The number of carbonyl (C=O) groups excluding carboxylic acids is 1. The number of fused-ring (bicyclic) bond motifs is 6. The Morgan fingerprint density at radius 2 is 1.67 bits per heavy atom. The van der Waals surface area contributed by atoms with Crippen LogP contribution < -0.4 is 10.9 Å². The first-order chi connectivity index (χ1) is 13.0. The van der Waals surface area contributed by atoms with Crippen LogP contribution in [0.25, 0.3) is 11.0 Å². The van der Waals surface area contributed by atoms with Crippen LogP contribution in [0.2, 0.25) is 0 Å². The van der Waals surface area contributed by atoms with Crippen molar-refractivity contribution >= 4 is 22.6 Å². The molecule has 0 spiro atoms. The molecule has 2 bridgehead atoms. The monoisotopic (exact) mass is 358 g/mol. The Kier molecular flexibility index (Phi) is 3.32. The highest BCUT2D eigenvalue weighted by Gasteiger charge is 2.67. The van der Waals surface area contributed by atoms with Gasteiger partial charge in [-0.25, -0.2) is 9.97 Å². The van der Waals surface area contributed by atoms with Gasteiger partial charge in [-0.15, -0.1) is 0 Å². The number of amides is 1. The fraction of sp³-hybridized carbons (Fsp3) is 0.318. The second-order valence-corrected chi connectivity index (χ2v) is 8.11. The number of nitrogens with one attached hydrogen (secondary N) is 2. The van der Waals surface area contributed by atoms with Crippen molar-refractivity contribution in [1.82, 2.24) is 15.4 Å². The maximum absolute atomic E-state index is 13.5. The zero-order chi connectivity index (χ0) is 18.6. The van der Waals surface area contributed by atoms with Crippen molar-refractivity contribution in [3.8, 4) is 0 Å². The number of rotatable bonds is 3. The van der Waals surface area contributed by atoms with Crippen LogP contribution in [-0.4, -0.2) is 15.9 Å². The Morgan fingerprint density at radius 1 is 1.00 bits per heavy atom. The molecule has 1 aromatic heterocycles. The van der Waals surface area contributed by atoms with Gasteiger partial charge in [0, 0.05) is 5.92 Å². The van der Waals surface area contributed by atoms with E-state index < -0.39 is 5.41 Å². The SMILES string of the molecule is CC1(C)C2CCC1(C(=O)NNc1ccccc1)c1nc3ccccc3nc12. The number of benzene rings is 2. The molecule has 5 heteroatoms. The molecule has 0 aliphatic heterocycles. The van der Waals surface area contributed by atoms with Gasteiger partial charge in [0.1, 0.15) is 5.41 Å². The molecular formula is C22H22N4O. The molecular weight excluding hydrogens is 336 g/mol. The minimum absolute atomic E-state index is 0.0258. The van der Waals surface area contributed by atoms with Crippen molar-refractivity contribution in [2.75, 3.05) is 5.43 Å². The molecule has 1 heterocycles. The Labute approximate surface area is 158 Å². The van der Waals surface area contributed by atoms with Gasteiger partial charge in [0.05, 0.1) is 28.1 Å². The molecule has 5 nitrogen and oxygen atoms in total. The molecule has 136 valence electrons. The lowest BCUT2D eigenvalue weighted by Gasteiger charge is -2.36. The summed E-state index contributed by atoms with van der Waals surface area (Å²) < 4.78 is 0. The third-order valence-corrected chi connectivity index (χ3v) is 6.59. The maximum atomic E-state index is 13.5. The molecule has 2 aliphatic carbocycles. The van der Waals surface area contributed by atoms with Crippen molar-refractivity contribution in [2.24, 2.45) is 5.41 Å². The summed E-state index contributed by atoms with van der Waals surface area (Å²) in [5.74, 6) is 0.231. The second-order valence-electron chi connectivity index (χ2n) is 8.11. The molecule has 5 rings (SSSR count). The first-order valence-corrected chi connectivity index (χ1v) is 9.43. The number of hydrogen-bond acceptors (Lipinski definition) is 4. The molecule has 2 unspecified atom stereocenters. The Balaban J connectivity index is 1.58. The van der Waals surface area contributed by atoms with Gasteiger partial charge in [-0.1, -0.05) is 44.2 Å². The fourth-order valence-electron chi connectivity index (χ4n) is 5.08. The van der Waals surface area contributed by atoms with Crippen molar-refractivity contribution in [1.29, 1.82) is 0 Å². The van der Waals surface area contributed by atoms with E-state index in [-0.39, 0.29) is 17.2 Å². The molecule has 2 aliphatic rings. The number of hydrogen-bond donors (Lipinski definition) is 2. The second kappa shape index (κ2) is 5.52. The van der Waals surface area contributed by atoms with Crippen LogP contribution in [0, 0.1) is 5.41 Å². The lowest BCUT2D eigenvalue weighted by molar-refractivity contribution is -0.129. The van der Waals surface area contributed by atoms with Gasteiger partial charge >= 0.3 is 0 Å². The average molecular weight is 358 g/mol. The predicted molar refractivity (Wildman–Crippen MR) is 105 cm³/mol. The van der Waals surface area contributed by atoms with E-state index in [1.54, 1.807) is 0 Å². The molecule has 2 N–H and O–H groups in total. The van der Waals surface area contributed by atoms with Crippen LogP contribution in [0.1, 0.15) is 44.0 Å². The first-order valence-electron chi connectivity index (χ1n) is 9.43. The summed E-state index contributed by atoms with van der Waals surface area (Å²) in [6.45, 7) is 4.36. The average Bonchev–Trinajstić information content (AvgIpc) is 3.07. The molecule has 0 saturated heterocycles. The van der Waals surface area contributed by atoms with Crippen LogP contribution in [0.4, 0.5) is 5.69 Å². The molecule has 1 amide bonds. The van der Waals surface area contributed by atoms with E-state index in [0.717, 1.165) is 41.0 Å². The van der Waals surface area contributed by atoms with E-state index in [1.807, 2.05) is 54.6 Å². The highest BCUT2D eigenvalue weighted by molar-refractivity contribution is 5.93.